The lowest BCUT2D eigenvalue weighted by atomic mass is 10.1. The number of aliphatic imine (C=N–C) groups is 1. The highest BCUT2D eigenvalue weighted by Gasteiger charge is 2.23. The average molecular weight is 339 g/mol. The van der Waals surface area contributed by atoms with Crippen LogP contribution in [0.2, 0.25) is 0 Å². The number of nitrogens with one attached hydrogen (secondary N) is 1. The highest BCUT2D eigenvalue weighted by atomic mass is 16.6. The number of carbonyl (C=O) groups excluding carboxylic acids is 2. The van der Waals surface area contributed by atoms with Gasteiger partial charge in [-0.2, -0.15) is 0 Å². The van der Waals surface area contributed by atoms with Crippen molar-refractivity contribution in [3.8, 4) is 0 Å². The van der Waals surface area contributed by atoms with Gasteiger partial charge in [-0.1, -0.05) is 0 Å². The molecule has 2 aliphatic rings. The van der Waals surface area contributed by atoms with E-state index in [1.807, 2.05) is 11.8 Å². The van der Waals surface area contributed by atoms with Crippen molar-refractivity contribution < 1.29 is 14.3 Å². The second-order valence-corrected chi connectivity index (χ2v) is 6.21. The third kappa shape index (κ3) is 5.58. The van der Waals surface area contributed by atoms with Gasteiger partial charge in [0.25, 0.3) is 0 Å². The molecule has 2 fully saturated rings. The van der Waals surface area contributed by atoms with Crippen LogP contribution in [0, 0.1) is 0 Å². The summed E-state index contributed by atoms with van der Waals surface area (Å²) in [6.45, 7) is 5.79. The number of amides is 2. The van der Waals surface area contributed by atoms with Gasteiger partial charge in [0, 0.05) is 45.2 Å². The van der Waals surface area contributed by atoms with Crippen LogP contribution in [-0.2, 0) is 9.53 Å². The Labute approximate surface area is 143 Å². The molecule has 0 spiro atoms. The monoisotopic (exact) mass is 339 g/mol. The Balaban J connectivity index is 1.61. The summed E-state index contributed by atoms with van der Waals surface area (Å²) >= 11 is 0. The molecule has 2 amide bonds. The normalized spacial score (nSPS) is 19.7. The molecule has 0 saturated carbocycles. The van der Waals surface area contributed by atoms with Gasteiger partial charge in [-0.25, -0.2) is 4.79 Å². The topological polar surface area (TPSA) is 100 Å². The van der Waals surface area contributed by atoms with Gasteiger partial charge in [0.05, 0.1) is 6.61 Å². The van der Waals surface area contributed by atoms with E-state index in [0.717, 1.165) is 38.8 Å². The van der Waals surface area contributed by atoms with Gasteiger partial charge in [-0.05, 0) is 32.6 Å². The third-order valence-corrected chi connectivity index (χ3v) is 4.41. The maximum atomic E-state index is 11.6. The number of nitrogens with zero attached hydrogens (tertiary/aromatic N) is 3. The van der Waals surface area contributed by atoms with Crippen molar-refractivity contribution in [1.29, 1.82) is 0 Å². The van der Waals surface area contributed by atoms with Crippen LogP contribution < -0.4 is 11.1 Å². The largest absolute Gasteiger partial charge is 0.450 e. The smallest absolute Gasteiger partial charge is 0.409 e. The van der Waals surface area contributed by atoms with Crippen LogP contribution in [-0.4, -0.2) is 73.1 Å². The standard InChI is InChI=1S/C16H29N5O3/c1-2-24-16(23)21-11-6-13(7-12-21)19-15(17)18-8-4-10-20-9-3-5-14(20)22/h13H,2-12H2,1H3,(H3,17,18,19). The quantitative estimate of drug-likeness (QED) is 0.417. The second kappa shape index (κ2) is 9.34. The van der Waals surface area contributed by atoms with E-state index in [2.05, 4.69) is 10.3 Å². The lowest BCUT2D eigenvalue weighted by molar-refractivity contribution is -0.127. The predicted octanol–water partition coefficient (Wildman–Crippen LogP) is 0.524. The maximum absolute atomic E-state index is 11.6. The summed E-state index contributed by atoms with van der Waals surface area (Å²) in [5.41, 5.74) is 5.92. The van der Waals surface area contributed by atoms with Crippen LogP contribution in [0.1, 0.15) is 39.0 Å². The zero-order valence-electron chi connectivity index (χ0n) is 14.5. The maximum Gasteiger partial charge on any atom is 0.409 e. The van der Waals surface area contributed by atoms with Crippen LogP contribution in [0.25, 0.3) is 0 Å². The van der Waals surface area contributed by atoms with E-state index in [9.17, 15) is 9.59 Å². The van der Waals surface area contributed by atoms with Crippen molar-refractivity contribution in [2.75, 3.05) is 39.3 Å². The summed E-state index contributed by atoms with van der Waals surface area (Å²) in [6.07, 6.45) is 3.90. The number of ether oxygens (including phenoxy) is 1. The summed E-state index contributed by atoms with van der Waals surface area (Å²) in [7, 11) is 0. The molecular weight excluding hydrogens is 310 g/mol. The SMILES string of the molecule is CCOC(=O)N1CCC(NC(N)=NCCCN2CCCC2=O)CC1. The first-order chi connectivity index (χ1) is 11.6. The van der Waals surface area contributed by atoms with E-state index in [0.29, 0.717) is 38.6 Å². The molecule has 0 aromatic heterocycles. The van der Waals surface area contributed by atoms with Crippen molar-refractivity contribution in [3.05, 3.63) is 0 Å². The van der Waals surface area contributed by atoms with Crippen LogP contribution in [0.4, 0.5) is 4.79 Å². The number of carbonyl (C=O) groups is 2. The minimum Gasteiger partial charge on any atom is -0.450 e. The molecule has 2 rings (SSSR count). The van der Waals surface area contributed by atoms with E-state index in [4.69, 9.17) is 10.5 Å². The van der Waals surface area contributed by atoms with Crippen molar-refractivity contribution in [3.63, 3.8) is 0 Å². The molecule has 0 radical (unpaired) electrons. The predicted molar refractivity (Wildman–Crippen MR) is 91.7 cm³/mol. The molecule has 0 atom stereocenters. The molecule has 2 aliphatic heterocycles. The molecule has 0 aliphatic carbocycles. The summed E-state index contributed by atoms with van der Waals surface area (Å²) < 4.78 is 5.00. The first-order valence-electron chi connectivity index (χ1n) is 8.86. The fourth-order valence-corrected chi connectivity index (χ4v) is 3.08. The third-order valence-electron chi connectivity index (χ3n) is 4.41. The number of likely N-dealkylation sites (tertiary alicyclic amines) is 2. The zero-order valence-corrected chi connectivity index (χ0v) is 14.5. The minimum atomic E-state index is -0.242. The fourth-order valence-electron chi connectivity index (χ4n) is 3.08. The Morgan fingerprint density at radius 1 is 1.38 bits per heavy atom. The Morgan fingerprint density at radius 2 is 2.12 bits per heavy atom. The summed E-state index contributed by atoms with van der Waals surface area (Å²) in [5.74, 6) is 0.691. The number of nitrogens with two attached hydrogens (primary N) is 1. The first-order valence-corrected chi connectivity index (χ1v) is 8.86. The molecule has 2 heterocycles. The van der Waals surface area contributed by atoms with Gasteiger partial charge in [-0.3, -0.25) is 9.79 Å². The highest BCUT2D eigenvalue weighted by molar-refractivity contribution is 5.78. The summed E-state index contributed by atoms with van der Waals surface area (Å²) in [5, 5.41) is 3.22. The first kappa shape index (κ1) is 18.4. The number of guanidine groups is 1. The van der Waals surface area contributed by atoms with Crippen molar-refractivity contribution in [2.24, 2.45) is 10.7 Å². The molecule has 0 unspecified atom stereocenters. The molecule has 2 saturated heterocycles. The van der Waals surface area contributed by atoms with Crippen LogP contribution in [0.5, 0.6) is 0 Å². The van der Waals surface area contributed by atoms with Gasteiger partial charge >= 0.3 is 6.09 Å². The Kier molecular flexibility index (Phi) is 7.14. The number of hydrogen-bond acceptors (Lipinski definition) is 4. The van der Waals surface area contributed by atoms with E-state index in [1.165, 1.54) is 0 Å². The Hall–Kier alpha value is -1.99. The molecule has 0 aromatic carbocycles. The number of rotatable bonds is 6. The van der Waals surface area contributed by atoms with Crippen molar-refractivity contribution in [2.45, 2.75) is 45.1 Å². The van der Waals surface area contributed by atoms with Gasteiger partial charge in [0.2, 0.25) is 5.91 Å². The molecule has 24 heavy (non-hydrogen) atoms. The molecule has 8 heteroatoms. The lowest BCUT2D eigenvalue weighted by Crippen LogP contribution is -2.48. The van der Waals surface area contributed by atoms with Gasteiger partial charge in [0.15, 0.2) is 5.96 Å². The van der Waals surface area contributed by atoms with E-state index in [1.54, 1.807) is 4.90 Å². The average Bonchev–Trinajstić information content (AvgIpc) is 2.97. The number of piperidine rings is 1. The van der Waals surface area contributed by atoms with Crippen LogP contribution in [0.15, 0.2) is 4.99 Å². The zero-order chi connectivity index (χ0) is 17.4. The minimum absolute atomic E-state index is 0.236. The van der Waals surface area contributed by atoms with E-state index >= 15 is 0 Å². The Bertz CT molecular complexity index is 461. The molecule has 8 nitrogen and oxygen atoms in total. The van der Waals surface area contributed by atoms with E-state index < -0.39 is 0 Å². The van der Waals surface area contributed by atoms with Gasteiger partial charge in [-0.15, -0.1) is 0 Å². The number of hydrogen-bond donors (Lipinski definition) is 2. The molecule has 3 N–H and O–H groups in total. The Morgan fingerprint density at radius 3 is 2.75 bits per heavy atom. The summed E-state index contributed by atoms with van der Waals surface area (Å²) in [4.78, 5) is 31.1. The molecule has 0 bridgehead atoms. The highest BCUT2D eigenvalue weighted by Crippen LogP contribution is 2.11. The molecule has 136 valence electrons. The van der Waals surface area contributed by atoms with Gasteiger partial charge < -0.3 is 25.6 Å². The van der Waals surface area contributed by atoms with Crippen molar-refractivity contribution in [1.82, 2.24) is 15.1 Å². The molecule has 0 aromatic rings. The second-order valence-electron chi connectivity index (χ2n) is 6.21. The fraction of sp³-hybridized carbons (Fsp3) is 0.812. The van der Waals surface area contributed by atoms with Crippen molar-refractivity contribution >= 4 is 18.0 Å². The summed E-state index contributed by atoms with van der Waals surface area (Å²) in [6, 6.07) is 0.236. The molecular formula is C16H29N5O3. The van der Waals surface area contributed by atoms with E-state index in [-0.39, 0.29) is 18.0 Å². The van der Waals surface area contributed by atoms with Crippen LogP contribution in [0.3, 0.4) is 0 Å². The lowest BCUT2D eigenvalue weighted by Gasteiger charge is -2.31. The van der Waals surface area contributed by atoms with Gasteiger partial charge in [0.1, 0.15) is 0 Å². The van der Waals surface area contributed by atoms with Crippen LogP contribution >= 0.6 is 0 Å².